The van der Waals surface area contributed by atoms with Crippen LogP contribution in [-0.4, -0.2) is 30.7 Å². The van der Waals surface area contributed by atoms with Crippen LogP contribution in [0, 0.1) is 6.92 Å². The normalized spacial score (nSPS) is 11.7. The molecule has 6 nitrogen and oxygen atoms in total. The van der Waals surface area contributed by atoms with Gasteiger partial charge < -0.3 is 0 Å². The van der Waals surface area contributed by atoms with E-state index in [1.165, 1.54) is 13.1 Å². The zero-order valence-corrected chi connectivity index (χ0v) is 14.5. The molecule has 0 N–H and O–H groups in total. The maximum Gasteiger partial charge on any atom is 0.433 e. The Bertz CT molecular complexity index is 1200. The molecule has 0 saturated carbocycles. The SMILES string of the molecule is Cc1cc(C(F)(F)F)nc(-n2cc(C(=O)c3ccc4ccccc4c3)nn2)n1. The molecule has 140 valence electrons. The van der Waals surface area contributed by atoms with Crippen molar-refractivity contribution < 1.29 is 18.0 Å². The Labute approximate surface area is 156 Å². The van der Waals surface area contributed by atoms with E-state index in [1.807, 2.05) is 30.3 Å². The number of nitrogens with zero attached hydrogens (tertiary/aromatic N) is 5. The van der Waals surface area contributed by atoms with E-state index in [2.05, 4.69) is 20.3 Å². The molecule has 0 amide bonds. The summed E-state index contributed by atoms with van der Waals surface area (Å²) >= 11 is 0. The van der Waals surface area contributed by atoms with Crippen LogP contribution in [0.2, 0.25) is 0 Å². The van der Waals surface area contributed by atoms with Gasteiger partial charge in [-0.3, -0.25) is 4.79 Å². The lowest BCUT2D eigenvalue weighted by molar-refractivity contribution is -0.141. The number of hydrogen-bond donors (Lipinski definition) is 0. The molecule has 0 bridgehead atoms. The predicted molar refractivity (Wildman–Crippen MR) is 94.1 cm³/mol. The molecule has 0 aliphatic rings. The fraction of sp³-hybridized carbons (Fsp3) is 0.105. The van der Waals surface area contributed by atoms with E-state index < -0.39 is 17.7 Å². The molecule has 4 aromatic rings. The van der Waals surface area contributed by atoms with Gasteiger partial charge in [0.1, 0.15) is 5.69 Å². The number of ketones is 1. The van der Waals surface area contributed by atoms with Crippen molar-refractivity contribution in [2.45, 2.75) is 13.1 Å². The molecule has 0 radical (unpaired) electrons. The van der Waals surface area contributed by atoms with E-state index in [9.17, 15) is 18.0 Å². The predicted octanol–water partition coefficient (Wildman–Crippen LogP) is 3.77. The van der Waals surface area contributed by atoms with Crippen molar-refractivity contribution in [2.24, 2.45) is 0 Å². The summed E-state index contributed by atoms with van der Waals surface area (Å²) in [5.41, 5.74) is -0.594. The maximum atomic E-state index is 13.0. The van der Waals surface area contributed by atoms with Gasteiger partial charge >= 0.3 is 6.18 Å². The van der Waals surface area contributed by atoms with Crippen molar-refractivity contribution in [1.82, 2.24) is 25.0 Å². The lowest BCUT2D eigenvalue weighted by atomic mass is 10.0. The lowest BCUT2D eigenvalue weighted by Crippen LogP contribution is -2.13. The third-order valence-corrected chi connectivity index (χ3v) is 4.08. The lowest BCUT2D eigenvalue weighted by Gasteiger charge is -2.08. The van der Waals surface area contributed by atoms with Crippen LogP contribution in [0.3, 0.4) is 0 Å². The molecule has 0 aliphatic heterocycles. The maximum absolute atomic E-state index is 13.0. The van der Waals surface area contributed by atoms with Crippen LogP contribution in [0.25, 0.3) is 16.7 Å². The number of carbonyl (C=O) groups is 1. The largest absolute Gasteiger partial charge is 0.433 e. The molecule has 2 aromatic carbocycles. The number of aromatic nitrogens is 5. The summed E-state index contributed by atoms with van der Waals surface area (Å²) in [4.78, 5) is 20.1. The van der Waals surface area contributed by atoms with Gasteiger partial charge in [-0.15, -0.1) is 5.10 Å². The molecule has 0 saturated heterocycles. The fourth-order valence-electron chi connectivity index (χ4n) is 2.74. The topological polar surface area (TPSA) is 73.6 Å². The summed E-state index contributed by atoms with van der Waals surface area (Å²) < 4.78 is 39.8. The Balaban J connectivity index is 1.69. The monoisotopic (exact) mass is 383 g/mol. The van der Waals surface area contributed by atoms with Crippen LogP contribution in [0.1, 0.15) is 27.4 Å². The van der Waals surface area contributed by atoms with Crippen molar-refractivity contribution in [3.63, 3.8) is 0 Å². The molecule has 0 fully saturated rings. The molecule has 2 heterocycles. The Kier molecular flexibility index (Phi) is 4.14. The quantitative estimate of drug-likeness (QED) is 0.504. The summed E-state index contributed by atoms with van der Waals surface area (Å²) in [6, 6.07) is 13.6. The third-order valence-electron chi connectivity index (χ3n) is 4.08. The highest BCUT2D eigenvalue weighted by molar-refractivity contribution is 6.09. The second-order valence-corrected chi connectivity index (χ2v) is 6.13. The third kappa shape index (κ3) is 3.34. The highest BCUT2D eigenvalue weighted by atomic mass is 19.4. The van der Waals surface area contributed by atoms with Crippen LogP contribution >= 0.6 is 0 Å². The molecule has 2 aromatic heterocycles. The minimum Gasteiger partial charge on any atom is -0.287 e. The van der Waals surface area contributed by atoms with Crippen LogP contribution in [0.15, 0.2) is 54.7 Å². The number of carbonyl (C=O) groups excluding carboxylic acids is 1. The Hall–Kier alpha value is -3.62. The number of halogens is 3. The van der Waals surface area contributed by atoms with Crippen molar-refractivity contribution in [2.75, 3.05) is 0 Å². The van der Waals surface area contributed by atoms with Gasteiger partial charge in [-0.25, -0.2) is 9.97 Å². The van der Waals surface area contributed by atoms with Gasteiger partial charge in [0, 0.05) is 11.3 Å². The number of fused-ring (bicyclic) bond motifs is 1. The highest BCUT2D eigenvalue weighted by Crippen LogP contribution is 2.28. The standard InChI is InChI=1S/C19H12F3N5O/c1-11-8-16(19(20,21)22)24-18(23-11)27-10-15(25-26-27)17(28)14-7-6-12-4-2-3-5-13(12)9-14/h2-10H,1H3. The van der Waals surface area contributed by atoms with Gasteiger partial charge in [0.05, 0.1) is 6.20 Å². The summed E-state index contributed by atoms with van der Waals surface area (Å²) in [5.74, 6) is -0.710. The van der Waals surface area contributed by atoms with Gasteiger partial charge in [-0.2, -0.15) is 17.9 Å². The van der Waals surface area contributed by atoms with Gasteiger partial charge in [-0.1, -0.05) is 41.6 Å². The van der Waals surface area contributed by atoms with E-state index in [1.54, 1.807) is 12.1 Å². The first kappa shape index (κ1) is 17.8. The number of benzene rings is 2. The Morgan fingerprint density at radius 1 is 1.00 bits per heavy atom. The van der Waals surface area contributed by atoms with Crippen molar-refractivity contribution in [3.8, 4) is 5.95 Å². The van der Waals surface area contributed by atoms with Crippen LogP contribution in [0.5, 0.6) is 0 Å². The number of rotatable bonds is 3. The van der Waals surface area contributed by atoms with Gasteiger partial charge in [0.15, 0.2) is 5.69 Å². The second-order valence-electron chi connectivity index (χ2n) is 6.13. The van der Waals surface area contributed by atoms with E-state index in [-0.39, 0.29) is 17.3 Å². The van der Waals surface area contributed by atoms with Crippen molar-refractivity contribution in [3.05, 3.63) is 77.4 Å². The smallest absolute Gasteiger partial charge is 0.287 e. The Morgan fingerprint density at radius 2 is 1.75 bits per heavy atom. The minimum atomic E-state index is -4.62. The van der Waals surface area contributed by atoms with E-state index >= 15 is 0 Å². The molecular formula is C19H12F3N5O. The molecule has 0 aliphatic carbocycles. The van der Waals surface area contributed by atoms with Crippen molar-refractivity contribution >= 4 is 16.6 Å². The first-order valence-corrected chi connectivity index (χ1v) is 8.20. The fourth-order valence-corrected chi connectivity index (χ4v) is 2.74. The van der Waals surface area contributed by atoms with Gasteiger partial charge in [0.25, 0.3) is 5.95 Å². The molecule has 0 unspecified atom stereocenters. The molecule has 28 heavy (non-hydrogen) atoms. The first-order valence-electron chi connectivity index (χ1n) is 8.20. The summed E-state index contributed by atoms with van der Waals surface area (Å²) in [6.45, 7) is 1.42. The van der Waals surface area contributed by atoms with Crippen LogP contribution in [0.4, 0.5) is 13.2 Å². The highest BCUT2D eigenvalue weighted by Gasteiger charge is 2.33. The summed E-state index contributed by atoms with van der Waals surface area (Å²) in [6.07, 6.45) is -3.40. The molecule has 0 spiro atoms. The van der Waals surface area contributed by atoms with E-state index in [0.29, 0.717) is 5.56 Å². The van der Waals surface area contributed by atoms with Gasteiger partial charge in [-0.05, 0) is 29.8 Å². The second kappa shape index (κ2) is 6.52. The number of alkyl halides is 3. The average molecular weight is 383 g/mol. The minimum absolute atomic E-state index is 0.0195. The molecule has 9 heteroatoms. The molecule has 4 rings (SSSR count). The van der Waals surface area contributed by atoms with E-state index in [4.69, 9.17) is 0 Å². The van der Waals surface area contributed by atoms with Crippen molar-refractivity contribution in [1.29, 1.82) is 0 Å². The van der Waals surface area contributed by atoms with Gasteiger partial charge in [0.2, 0.25) is 5.78 Å². The first-order chi connectivity index (χ1) is 13.3. The zero-order valence-electron chi connectivity index (χ0n) is 14.5. The van der Waals surface area contributed by atoms with Crippen LogP contribution < -0.4 is 0 Å². The number of aryl methyl sites for hydroxylation is 1. The number of hydrogen-bond acceptors (Lipinski definition) is 5. The average Bonchev–Trinajstić information content (AvgIpc) is 3.16. The van der Waals surface area contributed by atoms with Crippen LogP contribution in [-0.2, 0) is 6.18 Å². The molecule has 0 atom stereocenters. The molecular weight excluding hydrogens is 371 g/mol. The van der Waals surface area contributed by atoms with E-state index in [0.717, 1.165) is 21.5 Å². The summed E-state index contributed by atoms with van der Waals surface area (Å²) in [5, 5.41) is 9.35. The Morgan fingerprint density at radius 3 is 2.50 bits per heavy atom. The summed E-state index contributed by atoms with van der Waals surface area (Å²) in [7, 11) is 0. The zero-order chi connectivity index (χ0) is 19.9.